The van der Waals surface area contributed by atoms with Crippen molar-refractivity contribution in [3.05, 3.63) is 51.3 Å². The molecule has 2 rings (SSSR count). The first-order chi connectivity index (χ1) is 12.2. The molecule has 1 aromatic carbocycles. The molecular weight excluding hydrogens is 356 g/mol. The van der Waals surface area contributed by atoms with E-state index in [-0.39, 0.29) is 29.7 Å². The molecule has 0 unspecified atom stereocenters. The zero-order valence-electron chi connectivity index (χ0n) is 14.7. The van der Waals surface area contributed by atoms with Crippen molar-refractivity contribution in [3.8, 4) is 0 Å². The number of amides is 1. The summed E-state index contributed by atoms with van der Waals surface area (Å²) >= 11 is 5.00. The molecule has 0 aliphatic heterocycles. The number of nitro groups is 1. The summed E-state index contributed by atoms with van der Waals surface area (Å²) in [6.45, 7) is 5.28. The van der Waals surface area contributed by atoms with Crippen LogP contribution in [0.1, 0.15) is 23.4 Å². The van der Waals surface area contributed by atoms with Crippen LogP contribution in [0.25, 0.3) is 0 Å². The summed E-state index contributed by atoms with van der Waals surface area (Å²) in [7, 11) is 0. The molecule has 1 amide bonds. The lowest BCUT2D eigenvalue weighted by Crippen LogP contribution is -2.49. The number of aryl methyl sites for hydroxylation is 3. The lowest BCUT2D eigenvalue weighted by atomic mass is 10.2. The number of hydrazine groups is 1. The second-order valence-corrected chi connectivity index (χ2v) is 6.22. The molecule has 26 heavy (non-hydrogen) atoms. The van der Waals surface area contributed by atoms with Crippen LogP contribution in [0.3, 0.4) is 0 Å². The van der Waals surface area contributed by atoms with Crippen LogP contribution in [0.15, 0.2) is 24.3 Å². The van der Waals surface area contributed by atoms with Crippen LogP contribution in [0.5, 0.6) is 0 Å². The minimum atomic E-state index is -0.472. The number of thiocarbonyl (C=S) groups is 1. The van der Waals surface area contributed by atoms with Gasteiger partial charge in [0.2, 0.25) is 5.91 Å². The van der Waals surface area contributed by atoms with Crippen molar-refractivity contribution in [2.45, 2.75) is 33.7 Å². The number of anilines is 1. The maximum absolute atomic E-state index is 12.3. The maximum Gasteiger partial charge on any atom is 0.312 e. The van der Waals surface area contributed by atoms with Crippen LogP contribution < -0.4 is 16.2 Å². The number of nitrogens with two attached hydrogens (primary N) is 1. The lowest BCUT2D eigenvalue weighted by molar-refractivity contribution is -0.386. The van der Waals surface area contributed by atoms with Crippen LogP contribution in [0.4, 0.5) is 11.4 Å². The van der Waals surface area contributed by atoms with Crippen LogP contribution in [-0.2, 0) is 11.3 Å². The van der Waals surface area contributed by atoms with E-state index in [1.54, 1.807) is 19.9 Å². The second kappa shape index (κ2) is 7.91. The van der Waals surface area contributed by atoms with Gasteiger partial charge in [0.1, 0.15) is 11.4 Å². The van der Waals surface area contributed by atoms with Crippen molar-refractivity contribution >= 4 is 34.6 Å². The summed E-state index contributed by atoms with van der Waals surface area (Å²) in [5.74, 6) is -0.338. The normalized spacial score (nSPS) is 10.4. The number of carbonyl (C=O) groups is 1. The van der Waals surface area contributed by atoms with Gasteiger partial charge in [-0.25, -0.2) is 5.01 Å². The lowest BCUT2D eigenvalue weighted by Gasteiger charge is -2.23. The third-order valence-corrected chi connectivity index (χ3v) is 3.98. The highest BCUT2D eigenvalue weighted by Gasteiger charge is 2.22. The Labute approximate surface area is 155 Å². The average molecular weight is 376 g/mol. The standard InChI is InChI=1S/C16H20N6O3S/c1-10-5-4-6-13(9-10)21(16(17)26)19-14(23)7-8-20-12(3)15(22(24)25)11(2)18-20/h4-6,9H,7-8H2,1-3H3,(H2,17,26)(H,19,23). The van der Waals surface area contributed by atoms with Crippen molar-refractivity contribution in [3.63, 3.8) is 0 Å². The van der Waals surface area contributed by atoms with Gasteiger partial charge in [-0.3, -0.25) is 25.0 Å². The fraction of sp³-hybridized carbons (Fsp3) is 0.312. The minimum absolute atomic E-state index is 0.00528. The molecule has 1 aromatic heterocycles. The first-order valence-electron chi connectivity index (χ1n) is 7.84. The fourth-order valence-electron chi connectivity index (χ4n) is 2.57. The van der Waals surface area contributed by atoms with E-state index < -0.39 is 4.92 Å². The first kappa shape index (κ1) is 19.3. The Morgan fingerprint density at radius 3 is 2.65 bits per heavy atom. The van der Waals surface area contributed by atoms with Gasteiger partial charge in [0.15, 0.2) is 5.11 Å². The van der Waals surface area contributed by atoms with E-state index in [2.05, 4.69) is 10.5 Å². The van der Waals surface area contributed by atoms with Gasteiger partial charge in [-0.1, -0.05) is 12.1 Å². The van der Waals surface area contributed by atoms with Crippen LogP contribution in [-0.4, -0.2) is 25.7 Å². The minimum Gasteiger partial charge on any atom is -0.374 e. The van der Waals surface area contributed by atoms with E-state index in [1.165, 1.54) is 9.69 Å². The fourth-order valence-corrected chi connectivity index (χ4v) is 2.72. The molecule has 1 heterocycles. The van der Waals surface area contributed by atoms with E-state index in [9.17, 15) is 14.9 Å². The van der Waals surface area contributed by atoms with Gasteiger partial charge in [0, 0.05) is 6.42 Å². The highest BCUT2D eigenvalue weighted by Crippen LogP contribution is 2.22. The quantitative estimate of drug-likeness (QED) is 0.464. The predicted octanol–water partition coefficient (Wildman–Crippen LogP) is 1.89. The van der Waals surface area contributed by atoms with Crippen molar-refractivity contribution in [1.82, 2.24) is 15.2 Å². The predicted molar refractivity (Wildman–Crippen MR) is 102 cm³/mol. The summed E-state index contributed by atoms with van der Waals surface area (Å²) in [6.07, 6.45) is 0.0596. The highest BCUT2D eigenvalue weighted by atomic mass is 32.1. The molecule has 9 nitrogen and oxygen atoms in total. The van der Waals surface area contributed by atoms with Gasteiger partial charge in [0.05, 0.1) is 17.2 Å². The highest BCUT2D eigenvalue weighted by molar-refractivity contribution is 7.80. The molecule has 0 atom stereocenters. The number of rotatable bonds is 5. The first-order valence-corrected chi connectivity index (χ1v) is 8.25. The van der Waals surface area contributed by atoms with Gasteiger partial charge >= 0.3 is 5.69 Å². The molecule has 0 saturated heterocycles. The molecule has 2 aromatic rings. The maximum atomic E-state index is 12.3. The zero-order chi connectivity index (χ0) is 19.4. The molecular formula is C16H20N6O3S. The Hall–Kier alpha value is -3.01. The Kier molecular flexibility index (Phi) is 5.88. The summed E-state index contributed by atoms with van der Waals surface area (Å²) in [5, 5.41) is 16.5. The Morgan fingerprint density at radius 1 is 1.42 bits per heavy atom. The van der Waals surface area contributed by atoms with Gasteiger partial charge in [-0.05, 0) is 50.7 Å². The van der Waals surface area contributed by atoms with E-state index in [0.717, 1.165) is 5.56 Å². The number of hydrogen-bond donors (Lipinski definition) is 2. The van der Waals surface area contributed by atoms with Crippen molar-refractivity contribution in [2.75, 3.05) is 5.01 Å². The zero-order valence-corrected chi connectivity index (χ0v) is 15.5. The van der Waals surface area contributed by atoms with E-state index in [4.69, 9.17) is 18.0 Å². The number of nitrogens with one attached hydrogen (secondary N) is 1. The molecule has 0 fully saturated rings. The summed E-state index contributed by atoms with van der Waals surface area (Å²) in [5.41, 5.74) is 10.7. The molecule has 0 aliphatic carbocycles. The van der Waals surface area contributed by atoms with Gasteiger partial charge < -0.3 is 5.73 Å². The number of carbonyl (C=O) groups excluding carboxylic acids is 1. The van der Waals surface area contributed by atoms with Gasteiger partial charge in [-0.15, -0.1) is 0 Å². The third-order valence-electron chi connectivity index (χ3n) is 3.79. The largest absolute Gasteiger partial charge is 0.374 e. The monoisotopic (exact) mass is 376 g/mol. The average Bonchev–Trinajstić information content (AvgIpc) is 2.84. The molecule has 0 aliphatic rings. The number of benzene rings is 1. The van der Waals surface area contributed by atoms with Crippen LogP contribution in [0, 0.1) is 30.9 Å². The molecule has 10 heteroatoms. The van der Waals surface area contributed by atoms with Crippen molar-refractivity contribution in [1.29, 1.82) is 0 Å². The molecule has 0 spiro atoms. The van der Waals surface area contributed by atoms with E-state index in [1.807, 2.05) is 25.1 Å². The number of aromatic nitrogens is 2. The number of hydrogen-bond acceptors (Lipinski definition) is 5. The topological polar surface area (TPSA) is 119 Å². The van der Waals surface area contributed by atoms with E-state index >= 15 is 0 Å². The molecule has 0 bridgehead atoms. The third kappa shape index (κ3) is 4.33. The van der Waals surface area contributed by atoms with Gasteiger partial charge in [0.25, 0.3) is 0 Å². The Balaban J connectivity index is 2.07. The van der Waals surface area contributed by atoms with Crippen molar-refractivity contribution in [2.24, 2.45) is 5.73 Å². The Bertz CT molecular complexity index is 864. The SMILES string of the molecule is Cc1cccc(N(NC(=O)CCn2nc(C)c([N+](=O)[O-])c2C)C(N)=S)c1. The van der Waals surface area contributed by atoms with E-state index in [0.29, 0.717) is 17.1 Å². The smallest absolute Gasteiger partial charge is 0.312 e. The summed E-state index contributed by atoms with van der Waals surface area (Å²) in [4.78, 5) is 22.8. The summed E-state index contributed by atoms with van der Waals surface area (Å²) < 4.78 is 1.45. The molecule has 0 saturated carbocycles. The summed E-state index contributed by atoms with van der Waals surface area (Å²) in [6, 6.07) is 7.36. The second-order valence-electron chi connectivity index (χ2n) is 5.80. The molecule has 3 N–H and O–H groups in total. The van der Waals surface area contributed by atoms with Crippen LogP contribution in [0.2, 0.25) is 0 Å². The molecule has 0 radical (unpaired) electrons. The van der Waals surface area contributed by atoms with Crippen LogP contribution >= 0.6 is 12.2 Å². The molecule has 138 valence electrons. The van der Waals surface area contributed by atoms with Crippen molar-refractivity contribution < 1.29 is 9.72 Å². The number of nitrogens with zero attached hydrogens (tertiary/aromatic N) is 4. The van der Waals surface area contributed by atoms with Gasteiger partial charge in [-0.2, -0.15) is 5.10 Å². The Morgan fingerprint density at radius 2 is 2.12 bits per heavy atom.